The van der Waals surface area contributed by atoms with Crippen molar-refractivity contribution in [2.75, 3.05) is 0 Å². The molecular formula is C26H24O2. The van der Waals surface area contributed by atoms with Crippen LogP contribution in [0.15, 0.2) is 96.8 Å². The second kappa shape index (κ2) is 8.18. The van der Waals surface area contributed by atoms with E-state index in [-0.39, 0.29) is 0 Å². The van der Waals surface area contributed by atoms with Crippen molar-refractivity contribution in [1.29, 1.82) is 0 Å². The van der Waals surface area contributed by atoms with Crippen molar-refractivity contribution >= 4 is 0 Å². The monoisotopic (exact) mass is 368 g/mol. The molecule has 2 heteroatoms. The third kappa shape index (κ3) is 4.52. The van der Waals surface area contributed by atoms with E-state index in [1.165, 1.54) is 5.56 Å². The van der Waals surface area contributed by atoms with Crippen molar-refractivity contribution in [1.82, 2.24) is 0 Å². The van der Waals surface area contributed by atoms with Crippen LogP contribution in [0.25, 0.3) is 11.1 Å². The molecule has 0 N–H and O–H groups in total. The molecule has 0 radical (unpaired) electrons. The normalized spacial score (nSPS) is 15.8. The van der Waals surface area contributed by atoms with Gasteiger partial charge in [0, 0.05) is 0 Å². The van der Waals surface area contributed by atoms with Crippen LogP contribution >= 0.6 is 0 Å². The molecule has 28 heavy (non-hydrogen) atoms. The number of hydrogen-bond donors (Lipinski definition) is 0. The molecule has 0 aliphatic heterocycles. The molecule has 3 aromatic rings. The Hall–Kier alpha value is -3.26. The third-order valence-corrected chi connectivity index (χ3v) is 4.81. The minimum Gasteiger partial charge on any atom is -0.458 e. The first-order valence-corrected chi connectivity index (χ1v) is 9.67. The van der Waals surface area contributed by atoms with Crippen LogP contribution in [0.1, 0.15) is 18.9 Å². The number of hydrogen-bond acceptors (Lipinski definition) is 2. The molecule has 0 amide bonds. The van der Waals surface area contributed by atoms with Gasteiger partial charge in [0.05, 0.1) is 0 Å². The highest BCUT2D eigenvalue weighted by Crippen LogP contribution is 2.28. The summed E-state index contributed by atoms with van der Waals surface area (Å²) in [5, 5.41) is 0. The van der Waals surface area contributed by atoms with Gasteiger partial charge < -0.3 is 9.47 Å². The molecule has 2 nitrogen and oxygen atoms in total. The van der Waals surface area contributed by atoms with E-state index in [9.17, 15) is 0 Å². The summed E-state index contributed by atoms with van der Waals surface area (Å²) in [5.74, 6) is 4.04. The Morgan fingerprint density at radius 3 is 1.68 bits per heavy atom. The minimum atomic E-state index is 0.590. The van der Waals surface area contributed by atoms with Gasteiger partial charge in [-0.1, -0.05) is 55.0 Å². The second-order valence-corrected chi connectivity index (χ2v) is 7.24. The van der Waals surface area contributed by atoms with Gasteiger partial charge in [0.1, 0.15) is 23.0 Å². The third-order valence-electron chi connectivity index (χ3n) is 4.81. The van der Waals surface area contributed by atoms with E-state index >= 15 is 0 Å². The zero-order valence-corrected chi connectivity index (χ0v) is 16.3. The fourth-order valence-electron chi connectivity index (χ4n) is 3.09. The molecule has 0 fully saturated rings. The van der Waals surface area contributed by atoms with Gasteiger partial charge in [0.25, 0.3) is 0 Å². The van der Waals surface area contributed by atoms with Crippen LogP contribution in [-0.4, -0.2) is 0 Å². The van der Waals surface area contributed by atoms with Gasteiger partial charge in [0.2, 0.25) is 0 Å². The van der Waals surface area contributed by atoms with Gasteiger partial charge in [-0.25, -0.2) is 0 Å². The molecule has 0 bridgehead atoms. The quantitative estimate of drug-likeness (QED) is 0.470. The Bertz CT molecular complexity index is 978. The van der Waals surface area contributed by atoms with Gasteiger partial charge >= 0.3 is 0 Å². The maximum Gasteiger partial charge on any atom is 0.127 e. The highest BCUT2D eigenvalue weighted by molar-refractivity contribution is 5.65. The number of allylic oxidation sites excluding steroid dienone is 3. The summed E-state index contributed by atoms with van der Waals surface area (Å²) in [6.07, 6.45) is 7.41. The molecule has 1 aliphatic rings. The predicted molar refractivity (Wildman–Crippen MR) is 115 cm³/mol. The summed E-state index contributed by atoms with van der Waals surface area (Å²) in [6.45, 7) is 4.27. The predicted octanol–water partition coefficient (Wildman–Crippen LogP) is 7.31. The maximum atomic E-state index is 5.94. The molecule has 0 saturated carbocycles. The Labute approximate surface area is 166 Å². The van der Waals surface area contributed by atoms with Crippen LogP contribution in [0, 0.1) is 12.8 Å². The van der Waals surface area contributed by atoms with Gasteiger partial charge in [-0.15, -0.1) is 0 Å². The Balaban J connectivity index is 1.41. The summed E-state index contributed by atoms with van der Waals surface area (Å²) in [7, 11) is 0. The van der Waals surface area contributed by atoms with E-state index in [0.717, 1.165) is 40.6 Å². The zero-order chi connectivity index (χ0) is 19.3. The molecule has 0 spiro atoms. The molecule has 140 valence electrons. The lowest BCUT2D eigenvalue weighted by molar-refractivity contribution is 0.435. The fraction of sp³-hybridized carbons (Fsp3) is 0.154. The number of benzene rings is 3. The van der Waals surface area contributed by atoms with E-state index in [2.05, 4.69) is 56.3 Å². The summed E-state index contributed by atoms with van der Waals surface area (Å²) in [5.41, 5.74) is 3.52. The first-order chi connectivity index (χ1) is 13.7. The number of ether oxygens (including phenoxy) is 2. The summed E-state index contributed by atoms with van der Waals surface area (Å²) in [4.78, 5) is 0. The van der Waals surface area contributed by atoms with E-state index in [4.69, 9.17) is 9.47 Å². The van der Waals surface area contributed by atoms with Crippen molar-refractivity contribution < 1.29 is 9.47 Å². The van der Waals surface area contributed by atoms with E-state index in [1.807, 2.05) is 48.5 Å². The van der Waals surface area contributed by atoms with Gasteiger partial charge in [-0.3, -0.25) is 0 Å². The smallest absolute Gasteiger partial charge is 0.127 e. The van der Waals surface area contributed by atoms with Gasteiger partial charge in [0.15, 0.2) is 0 Å². The number of aryl methyl sites for hydroxylation is 1. The molecule has 1 atom stereocenters. The molecule has 1 aliphatic carbocycles. The van der Waals surface area contributed by atoms with Crippen LogP contribution < -0.4 is 9.47 Å². The highest BCUT2D eigenvalue weighted by atomic mass is 16.5. The van der Waals surface area contributed by atoms with Crippen LogP contribution in [0.5, 0.6) is 17.2 Å². The lowest BCUT2D eigenvalue weighted by Crippen LogP contribution is -1.99. The van der Waals surface area contributed by atoms with E-state index in [1.54, 1.807) is 0 Å². The molecule has 0 aromatic heterocycles. The van der Waals surface area contributed by atoms with Gasteiger partial charge in [-0.05, 0) is 78.9 Å². The molecule has 0 saturated heterocycles. The molecule has 0 heterocycles. The van der Waals surface area contributed by atoms with Crippen molar-refractivity contribution in [2.24, 2.45) is 5.92 Å². The molecule has 4 rings (SSSR count). The molecule has 3 aromatic carbocycles. The van der Waals surface area contributed by atoms with E-state index in [0.29, 0.717) is 5.92 Å². The topological polar surface area (TPSA) is 18.5 Å². The van der Waals surface area contributed by atoms with E-state index < -0.39 is 0 Å². The van der Waals surface area contributed by atoms with Crippen LogP contribution in [0.3, 0.4) is 0 Å². The minimum absolute atomic E-state index is 0.590. The average Bonchev–Trinajstić information content (AvgIpc) is 2.73. The van der Waals surface area contributed by atoms with Crippen LogP contribution in [-0.2, 0) is 0 Å². The first-order valence-electron chi connectivity index (χ1n) is 9.67. The standard InChI is InChI=1S/C26H24O2/c1-19-3-11-23(12-4-19)27-25-15-7-21(8-16-25)22-9-17-26(18-10-22)28-24-13-5-20(2)6-14-24/h3-5,7-18,20H,6H2,1-2H3. The molecular weight excluding hydrogens is 344 g/mol. The highest BCUT2D eigenvalue weighted by Gasteiger charge is 2.06. The maximum absolute atomic E-state index is 5.94. The lowest BCUT2D eigenvalue weighted by Gasteiger charge is -2.13. The summed E-state index contributed by atoms with van der Waals surface area (Å²) < 4.78 is 11.8. The summed E-state index contributed by atoms with van der Waals surface area (Å²) >= 11 is 0. The van der Waals surface area contributed by atoms with Crippen molar-refractivity contribution in [3.63, 3.8) is 0 Å². The first kappa shape index (κ1) is 18.1. The Kier molecular flexibility index (Phi) is 5.29. The second-order valence-electron chi connectivity index (χ2n) is 7.24. The SMILES string of the molecule is Cc1ccc(Oc2ccc(-c3ccc(OC4=CCC(C)C=C4)cc3)cc2)cc1. The van der Waals surface area contributed by atoms with Crippen molar-refractivity contribution in [3.05, 3.63) is 102 Å². The fourth-order valence-corrected chi connectivity index (χ4v) is 3.09. The van der Waals surface area contributed by atoms with Crippen LogP contribution in [0.2, 0.25) is 0 Å². The molecule has 1 unspecified atom stereocenters. The number of rotatable bonds is 5. The van der Waals surface area contributed by atoms with Crippen molar-refractivity contribution in [3.8, 4) is 28.4 Å². The van der Waals surface area contributed by atoms with Crippen LogP contribution in [0.4, 0.5) is 0 Å². The summed E-state index contributed by atoms with van der Waals surface area (Å²) in [6, 6.07) is 24.4. The Morgan fingerprint density at radius 2 is 1.18 bits per heavy atom. The largest absolute Gasteiger partial charge is 0.458 e. The lowest BCUT2D eigenvalue weighted by atomic mass is 10.0. The zero-order valence-electron chi connectivity index (χ0n) is 16.3. The van der Waals surface area contributed by atoms with Crippen molar-refractivity contribution in [2.45, 2.75) is 20.3 Å². The Morgan fingerprint density at radius 1 is 0.679 bits per heavy atom. The van der Waals surface area contributed by atoms with Gasteiger partial charge in [-0.2, -0.15) is 0 Å². The average molecular weight is 368 g/mol.